The van der Waals surface area contributed by atoms with Crippen LogP contribution in [0.25, 0.3) is 0 Å². The number of nitrogens with one attached hydrogen (secondary N) is 1. The van der Waals surface area contributed by atoms with Crippen LogP contribution in [-0.2, 0) is 4.79 Å². The number of aliphatic hydroxyl groups excluding tert-OH is 1. The van der Waals surface area contributed by atoms with Gasteiger partial charge in [-0.2, -0.15) is 0 Å². The predicted molar refractivity (Wildman–Crippen MR) is 84.3 cm³/mol. The van der Waals surface area contributed by atoms with Gasteiger partial charge in [-0.1, -0.05) is 29.8 Å². The summed E-state index contributed by atoms with van der Waals surface area (Å²) in [6, 6.07) is 7.36. The molecule has 4 nitrogen and oxygen atoms in total. The zero-order chi connectivity index (χ0) is 15.2. The van der Waals surface area contributed by atoms with Crippen LogP contribution in [0.5, 0.6) is 0 Å². The molecule has 2 atom stereocenters. The van der Waals surface area contributed by atoms with Crippen molar-refractivity contribution < 1.29 is 9.90 Å². The maximum Gasteiger partial charge on any atom is 0.224 e. The Morgan fingerprint density at radius 2 is 2.29 bits per heavy atom. The van der Waals surface area contributed by atoms with Crippen molar-refractivity contribution in [3.05, 3.63) is 34.9 Å². The Balaban J connectivity index is 1.93. The number of halogens is 1. The molecule has 0 radical (unpaired) electrons. The highest BCUT2D eigenvalue weighted by Crippen LogP contribution is 2.25. The van der Waals surface area contributed by atoms with Gasteiger partial charge in [0, 0.05) is 30.2 Å². The Morgan fingerprint density at radius 3 is 3.00 bits per heavy atom. The van der Waals surface area contributed by atoms with Crippen molar-refractivity contribution in [2.24, 2.45) is 5.92 Å². The molecule has 0 aromatic heterocycles. The van der Waals surface area contributed by atoms with Crippen molar-refractivity contribution >= 4 is 17.5 Å². The molecule has 0 spiro atoms. The van der Waals surface area contributed by atoms with Gasteiger partial charge in [-0.3, -0.25) is 9.69 Å². The minimum atomic E-state index is -0.619. The van der Waals surface area contributed by atoms with E-state index in [1.807, 2.05) is 25.1 Å². The number of carbonyl (C=O) groups is 1. The van der Waals surface area contributed by atoms with E-state index in [2.05, 4.69) is 10.2 Å². The number of carbonyl (C=O) groups excluding carboxylic acids is 1. The van der Waals surface area contributed by atoms with E-state index in [0.29, 0.717) is 24.7 Å². The van der Waals surface area contributed by atoms with Crippen molar-refractivity contribution in [2.45, 2.75) is 25.9 Å². The van der Waals surface area contributed by atoms with Crippen LogP contribution in [0.3, 0.4) is 0 Å². The summed E-state index contributed by atoms with van der Waals surface area (Å²) in [7, 11) is 0. The SMILES string of the molecule is CCNC(=O)C1CCCN(CC(O)c2ccccc2Cl)C1. The van der Waals surface area contributed by atoms with E-state index in [-0.39, 0.29) is 11.8 Å². The van der Waals surface area contributed by atoms with E-state index in [4.69, 9.17) is 11.6 Å². The van der Waals surface area contributed by atoms with Crippen LogP contribution in [0.4, 0.5) is 0 Å². The summed E-state index contributed by atoms with van der Waals surface area (Å²) < 4.78 is 0. The highest BCUT2D eigenvalue weighted by Gasteiger charge is 2.27. The van der Waals surface area contributed by atoms with Gasteiger partial charge in [-0.25, -0.2) is 0 Å². The van der Waals surface area contributed by atoms with Gasteiger partial charge in [0.15, 0.2) is 0 Å². The lowest BCUT2D eigenvalue weighted by Gasteiger charge is -2.33. The monoisotopic (exact) mass is 310 g/mol. The van der Waals surface area contributed by atoms with Crippen LogP contribution in [0.1, 0.15) is 31.4 Å². The number of amides is 1. The number of nitrogens with zero attached hydrogens (tertiary/aromatic N) is 1. The van der Waals surface area contributed by atoms with Gasteiger partial charge in [-0.15, -0.1) is 0 Å². The number of hydrogen-bond donors (Lipinski definition) is 2. The maximum absolute atomic E-state index is 11.9. The number of benzene rings is 1. The molecule has 0 saturated carbocycles. The first kappa shape index (κ1) is 16.3. The fourth-order valence-corrected chi connectivity index (χ4v) is 3.10. The third-order valence-electron chi connectivity index (χ3n) is 3.92. The summed E-state index contributed by atoms with van der Waals surface area (Å²) in [5.74, 6) is 0.145. The third-order valence-corrected chi connectivity index (χ3v) is 4.27. The second-order valence-corrected chi connectivity index (χ2v) is 5.94. The summed E-state index contributed by atoms with van der Waals surface area (Å²) in [4.78, 5) is 14.1. The lowest BCUT2D eigenvalue weighted by molar-refractivity contribution is -0.126. The molecule has 0 aliphatic carbocycles. The van der Waals surface area contributed by atoms with E-state index in [0.717, 1.165) is 24.9 Å². The molecular weight excluding hydrogens is 288 g/mol. The Kier molecular flexibility index (Phi) is 6.03. The third kappa shape index (κ3) is 4.43. The number of hydrogen-bond acceptors (Lipinski definition) is 3. The molecular formula is C16H23ClN2O2. The van der Waals surface area contributed by atoms with E-state index < -0.39 is 6.10 Å². The van der Waals surface area contributed by atoms with Crippen molar-refractivity contribution in [1.82, 2.24) is 10.2 Å². The summed E-state index contributed by atoms with van der Waals surface area (Å²) in [6.45, 7) is 4.72. The van der Waals surface area contributed by atoms with Crippen LogP contribution in [0, 0.1) is 5.92 Å². The van der Waals surface area contributed by atoms with Gasteiger partial charge < -0.3 is 10.4 Å². The molecule has 1 saturated heterocycles. The number of β-amino-alcohol motifs (C(OH)–C–C–N with tert-alkyl or cyclic N) is 1. The molecule has 1 amide bonds. The van der Waals surface area contributed by atoms with Crippen LogP contribution >= 0.6 is 11.6 Å². The molecule has 5 heteroatoms. The number of aliphatic hydroxyl groups is 1. The number of piperidine rings is 1. The van der Waals surface area contributed by atoms with Gasteiger partial charge in [0.05, 0.1) is 12.0 Å². The zero-order valence-electron chi connectivity index (χ0n) is 12.4. The van der Waals surface area contributed by atoms with Crippen LogP contribution in [0.15, 0.2) is 24.3 Å². The standard InChI is InChI=1S/C16H23ClN2O2/c1-2-18-16(21)12-6-5-9-19(10-12)11-15(20)13-7-3-4-8-14(13)17/h3-4,7-8,12,15,20H,2,5-6,9-11H2,1H3,(H,18,21). The molecule has 2 unspecified atom stereocenters. The molecule has 0 bridgehead atoms. The molecule has 116 valence electrons. The Hall–Kier alpha value is -1.10. The van der Waals surface area contributed by atoms with E-state index in [9.17, 15) is 9.90 Å². The van der Waals surface area contributed by atoms with Gasteiger partial charge in [-0.05, 0) is 32.4 Å². The topological polar surface area (TPSA) is 52.6 Å². The Morgan fingerprint density at radius 1 is 1.52 bits per heavy atom. The maximum atomic E-state index is 11.9. The first-order chi connectivity index (χ1) is 10.1. The molecule has 1 aliphatic rings. The Bertz CT molecular complexity index is 481. The highest BCUT2D eigenvalue weighted by atomic mass is 35.5. The highest BCUT2D eigenvalue weighted by molar-refractivity contribution is 6.31. The zero-order valence-corrected chi connectivity index (χ0v) is 13.1. The fourth-order valence-electron chi connectivity index (χ4n) is 2.84. The first-order valence-corrected chi connectivity index (χ1v) is 7.92. The fraction of sp³-hybridized carbons (Fsp3) is 0.562. The molecule has 1 heterocycles. The van der Waals surface area contributed by atoms with E-state index in [1.165, 1.54) is 0 Å². The summed E-state index contributed by atoms with van der Waals surface area (Å²) in [5, 5.41) is 13.8. The normalized spacial score (nSPS) is 21.0. The van der Waals surface area contributed by atoms with Gasteiger partial charge in [0.1, 0.15) is 0 Å². The first-order valence-electron chi connectivity index (χ1n) is 7.54. The number of likely N-dealkylation sites (tertiary alicyclic amines) is 1. The van der Waals surface area contributed by atoms with Gasteiger partial charge in [0.25, 0.3) is 0 Å². The molecule has 21 heavy (non-hydrogen) atoms. The van der Waals surface area contributed by atoms with Crippen molar-refractivity contribution in [2.75, 3.05) is 26.2 Å². The second kappa shape index (κ2) is 7.78. The molecule has 1 fully saturated rings. The van der Waals surface area contributed by atoms with Crippen molar-refractivity contribution in [3.63, 3.8) is 0 Å². The van der Waals surface area contributed by atoms with Gasteiger partial charge in [0.2, 0.25) is 5.91 Å². The lowest BCUT2D eigenvalue weighted by atomic mass is 9.96. The quantitative estimate of drug-likeness (QED) is 0.877. The molecule has 1 aromatic rings. The Labute approximate surface area is 131 Å². The average molecular weight is 311 g/mol. The summed E-state index contributed by atoms with van der Waals surface area (Å²) in [6.07, 6.45) is 1.29. The average Bonchev–Trinajstić information content (AvgIpc) is 2.48. The van der Waals surface area contributed by atoms with E-state index in [1.54, 1.807) is 6.07 Å². The summed E-state index contributed by atoms with van der Waals surface area (Å²) >= 11 is 6.11. The largest absolute Gasteiger partial charge is 0.387 e. The minimum Gasteiger partial charge on any atom is -0.387 e. The van der Waals surface area contributed by atoms with Crippen LogP contribution in [0.2, 0.25) is 5.02 Å². The van der Waals surface area contributed by atoms with Crippen molar-refractivity contribution in [3.8, 4) is 0 Å². The molecule has 2 N–H and O–H groups in total. The molecule has 1 aromatic carbocycles. The smallest absolute Gasteiger partial charge is 0.224 e. The van der Waals surface area contributed by atoms with Gasteiger partial charge >= 0.3 is 0 Å². The van der Waals surface area contributed by atoms with E-state index >= 15 is 0 Å². The second-order valence-electron chi connectivity index (χ2n) is 5.53. The van der Waals surface area contributed by atoms with Crippen LogP contribution in [-0.4, -0.2) is 42.1 Å². The number of rotatable bonds is 5. The summed E-state index contributed by atoms with van der Waals surface area (Å²) in [5.41, 5.74) is 0.749. The molecule has 2 rings (SSSR count). The van der Waals surface area contributed by atoms with Crippen molar-refractivity contribution in [1.29, 1.82) is 0 Å². The minimum absolute atomic E-state index is 0.0251. The molecule has 1 aliphatic heterocycles. The van der Waals surface area contributed by atoms with Crippen LogP contribution < -0.4 is 5.32 Å². The lowest BCUT2D eigenvalue weighted by Crippen LogP contribution is -2.44. The predicted octanol–water partition coefficient (Wildman–Crippen LogP) is 2.22.